The minimum absolute atomic E-state index is 0. The SMILES string of the molecule is C.CC(C)[C@@H](c1ccc(-c2ccc3cccc(F)c3c2)[nH]c1=O)[C@@H]1OC(=O)NC1=O.CC(C)[C@@H](c1ccc(-c2ccc3cccc(F)c3c2)[nH]c1=O)[C@H]1OC(=O)NC1=O. The summed E-state index contributed by atoms with van der Waals surface area (Å²) >= 11 is 0. The van der Waals surface area contributed by atoms with Gasteiger partial charge in [0.1, 0.15) is 11.6 Å². The number of carbonyl (C=O) groups is 4. The van der Waals surface area contributed by atoms with Gasteiger partial charge in [0, 0.05) is 45.1 Å². The molecule has 0 bridgehead atoms. The molecule has 0 spiro atoms. The molecule has 304 valence electrons. The summed E-state index contributed by atoms with van der Waals surface area (Å²) in [5, 5.41) is 6.66. The standard InChI is InChI=1S/2C22H19FN2O4.CH4/c2*1-11(2)18(19-21(27)25-22(28)29-19)14-8-9-17(24-20(14)26)13-7-6-12-4-3-5-16(23)15(12)10-13;/h2*3-11,18-19H,1-2H3,(H,24,26)(H,25,27,28);1H4/t18-,19+;18-,19-;/m00./s1. The quantitative estimate of drug-likeness (QED) is 0.119. The Kier molecular flexibility index (Phi) is 11.9. The van der Waals surface area contributed by atoms with Crippen molar-refractivity contribution >= 4 is 45.5 Å². The molecule has 2 aliphatic heterocycles. The summed E-state index contributed by atoms with van der Waals surface area (Å²) in [5.41, 5.74) is 2.32. The van der Waals surface area contributed by atoms with Gasteiger partial charge in [0.05, 0.1) is 0 Å². The molecule has 8 rings (SSSR count). The second-order valence-electron chi connectivity index (χ2n) is 14.8. The van der Waals surface area contributed by atoms with Crippen LogP contribution in [0.5, 0.6) is 0 Å². The number of aromatic nitrogens is 2. The van der Waals surface area contributed by atoms with Crippen molar-refractivity contribution in [1.82, 2.24) is 20.6 Å². The summed E-state index contributed by atoms with van der Waals surface area (Å²) in [6, 6.07) is 26.9. The van der Waals surface area contributed by atoms with E-state index in [4.69, 9.17) is 9.47 Å². The number of benzene rings is 4. The highest BCUT2D eigenvalue weighted by Gasteiger charge is 2.43. The van der Waals surface area contributed by atoms with E-state index >= 15 is 0 Å². The van der Waals surface area contributed by atoms with Gasteiger partial charge in [-0.05, 0) is 70.1 Å². The first kappa shape index (κ1) is 41.7. The Morgan fingerprint density at radius 1 is 0.525 bits per heavy atom. The fourth-order valence-corrected chi connectivity index (χ4v) is 7.59. The van der Waals surface area contributed by atoms with E-state index in [9.17, 15) is 37.5 Å². The van der Waals surface area contributed by atoms with Crippen LogP contribution in [-0.4, -0.2) is 46.2 Å². The molecule has 59 heavy (non-hydrogen) atoms. The lowest BCUT2D eigenvalue weighted by atomic mass is 9.84. The van der Waals surface area contributed by atoms with Crippen LogP contribution in [0.1, 0.15) is 58.1 Å². The average molecular weight is 805 g/mol. The first-order valence-electron chi connectivity index (χ1n) is 18.6. The zero-order valence-corrected chi connectivity index (χ0v) is 31.7. The van der Waals surface area contributed by atoms with E-state index in [1.165, 1.54) is 12.1 Å². The molecule has 4 atom stereocenters. The molecule has 2 aliphatic rings. The number of pyridine rings is 2. The number of hydrogen-bond acceptors (Lipinski definition) is 8. The van der Waals surface area contributed by atoms with Crippen molar-refractivity contribution in [2.75, 3.05) is 0 Å². The monoisotopic (exact) mass is 804 g/mol. The fourth-order valence-electron chi connectivity index (χ4n) is 7.59. The molecule has 4 aromatic carbocycles. The summed E-state index contributed by atoms with van der Waals surface area (Å²) in [7, 11) is 0. The van der Waals surface area contributed by atoms with E-state index in [0.29, 0.717) is 44.4 Å². The van der Waals surface area contributed by atoms with Crippen LogP contribution in [0.25, 0.3) is 44.1 Å². The molecule has 0 aliphatic carbocycles. The summed E-state index contributed by atoms with van der Waals surface area (Å²) < 4.78 is 38.4. The zero-order valence-electron chi connectivity index (χ0n) is 31.7. The maximum Gasteiger partial charge on any atom is 0.414 e. The lowest BCUT2D eigenvalue weighted by Crippen LogP contribution is -2.35. The Morgan fingerprint density at radius 2 is 0.915 bits per heavy atom. The molecule has 2 aromatic heterocycles. The summed E-state index contributed by atoms with van der Waals surface area (Å²) in [6.45, 7) is 7.40. The maximum atomic E-state index is 14.1. The Bertz CT molecular complexity index is 2560. The molecule has 4 amide bonds. The number of aromatic amines is 2. The van der Waals surface area contributed by atoms with Crippen molar-refractivity contribution < 1.29 is 37.4 Å². The van der Waals surface area contributed by atoms with Gasteiger partial charge in [-0.3, -0.25) is 29.8 Å². The first-order chi connectivity index (χ1) is 27.7. The number of halogens is 2. The molecule has 0 radical (unpaired) electrons. The van der Waals surface area contributed by atoms with Crippen LogP contribution in [0.3, 0.4) is 0 Å². The number of hydrogen-bond donors (Lipinski definition) is 4. The second-order valence-corrected chi connectivity index (χ2v) is 14.8. The van der Waals surface area contributed by atoms with E-state index in [0.717, 1.165) is 10.8 Å². The van der Waals surface area contributed by atoms with Gasteiger partial charge < -0.3 is 19.4 Å². The number of alkyl carbamates (subject to hydrolysis) is 2. The van der Waals surface area contributed by atoms with Crippen LogP contribution in [-0.2, 0) is 19.1 Å². The highest BCUT2D eigenvalue weighted by molar-refractivity contribution is 6.01. The molecule has 0 saturated carbocycles. The first-order valence-corrected chi connectivity index (χ1v) is 18.6. The number of amides is 4. The van der Waals surface area contributed by atoms with Gasteiger partial charge in [0.25, 0.3) is 22.9 Å². The summed E-state index contributed by atoms with van der Waals surface area (Å²) in [5.74, 6) is -3.21. The van der Waals surface area contributed by atoms with Crippen molar-refractivity contribution in [2.45, 2.75) is 59.2 Å². The number of rotatable bonds is 8. The van der Waals surface area contributed by atoms with E-state index in [1.54, 1.807) is 72.8 Å². The topological polar surface area (TPSA) is 177 Å². The van der Waals surface area contributed by atoms with Crippen molar-refractivity contribution in [2.24, 2.45) is 11.8 Å². The van der Waals surface area contributed by atoms with Crippen LogP contribution in [0, 0.1) is 23.5 Å². The van der Waals surface area contributed by atoms with Gasteiger partial charge in [0.15, 0.2) is 12.2 Å². The molecule has 14 heteroatoms. The number of H-pyrrole nitrogens is 2. The lowest BCUT2D eigenvalue weighted by Gasteiger charge is -2.24. The van der Waals surface area contributed by atoms with E-state index < -0.39 is 48.0 Å². The van der Waals surface area contributed by atoms with Crippen molar-refractivity contribution in [1.29, 1.82) is 0 Å². The number of imide groups is 2. The van der Waals surface area contributed by atoms with E-state index in [1.807, 2.05) is 39.8 Å². The van der Waals surface area contributed by atoms with Crippen molar-refractivity contribution in [3.05, 3.63) is 141 Å². The maximum absolute atomic E-state index is 14.1. The number of carbonyl (C=O) groups excluding carboxylic acids is 4. The van der Waals surface area contributed by atoms with Gasteiger partial charge in [-0.2, -0.15) is 0 Å². The molecule has 2 saturated heterocycles. The fraction of sp³-hybridized carbons (Fsp3) is 0.244. The Labute approximate surface area is 337 Å². The molecular weight excluding hydrogens is 763 g/mol. The predicted octanol–water partition coefficient (Wildman–Crippen LogP) is 8.05. The molecule has 2 fully saturated rings. The lowest BCUT2D eigenvalue weighted by molar-refractivity contribution is -0.125. The van der Waals surface area contributed by atoms with Gasteiger partial charge in [0.2, 0.25) is 0 Å². The third-order valence-electron chi connectivity index (χ3n) is 10.4. The Balaban J connectivity index is 0.000000195. The third kappa shape index (κ3) is 8.38. The van der Waals surface area contributed by atoms with E-state index in [2.05, 4.69) is 20.6 Å². The Morgan fingerprint density at radius 3 is 1.24 bits per heavy atom. The average Bonchev–Trinajstić information content (AvgIpc) is 3.70. The number of fused-ring (bicyclic) bond motifs is 2. The van der Waals surface area contributed by atoms with Crippen LogP contribution in [0.2, 0.25) is 0 Å². The minimum atomic E-state index is -1.05. The van der Waals surface area contributed by atoms with Crippen molar-refractivity contribution in [3.8, 4) is 22.5 Å². The molecule has 4 N–H and O–H groups in total. The zero-order chi connectivity index (χ0) is 41.4. The van der Waals surface area contributed by atoms with Crippen LogP contribution < -0.4 is 21.8 Å². The molecule has 4 heterocycles. The third-order valence-corrected chi connectivity index (χ3v) is 10.4. The summed E-state index contributed by atoms with van der Waals surface area (Å²) in [4.78, 5) is 78.2. The molecule has 0 unspecified atom stereocenters. The number of nitrogens with one attached hydrogen (secondary N) is 4. The van der Waals surface area contributed by atoms with Gasteiger partial charge in [-0.1, -0.05) is 95.8 Å². The highest BCUT2D eigenvalue weighted by atomic mass is 19.1. The molecule has 12 nitrogen and oxygen atoms in total. The van der Waals surface area contributed by atoms with Crippen LogP contribution in [0.15, 0.2) is 107 Å². The Hall–Kier alpha value is -6.96. The smallest absolute Gasteiger partial charge is 0.414 e. The summed E-state index contributed by atoms with van der Waals surface area (Å²) in [6.07, 6.45) is -3.72. The van der Waals surface area contributed by atoms with E-state index in [-0.39, 0.29) is 42.0 Å². The van der Waals surface area contributed by atoms with Crippen LogP contribution in [0.4, 0.5) is 18.4 Å². The predicted molar refractivity (Wildman–Crippen MR) is 219 cm³/mol. The van der Waals surface area contributed by atoms with Gasteiger partial charge in [-0.15, -0.1) is 0 Å². The second kappa shape index (κ2) is 16.9. The van der Waals surface area contributed by atoms with Gasteiger partial charge >= 0.3 is 12.2 Å². The normalized spacial score (nSPS) is 17.2. The number of cyclic esters (lactones) is 2. The number of ether oxygens (including phenoxy) is 2. The largest absolute Gasteiger partial charge is 0.435 e. The van der Waals surface area contributed by atoms with Gasteiger partial charge in [-0.25, -0.2) is 18.4 Å². The minimum Gasteiger partial charge on any atom is -0.435 e. The van der Waals surface area contributed by atoms with Crippen molar-refractivity contribution in [3.63, 3.8) is 0 Å². The highest BCUT2D eigenvalue weighted by Crippen LogP contribution is 2.33. The molecule has 6 aromatic rings. The van der Waals surface area contributed by atoms with Crippen LogP contribution >= 0.6 is 0 Å². The molecular formula is C45H42F2N4O8.